The van der Waals surface area contributed by atoms with Gasteiger partial charge in [-0.2, -0.15) is 4.31 Å². The molecule has 3 aromatic rings. The highest BCUT2D eigenvalue weighted by Gasteiger charge is 2.33. The Morgan fingerprint density at radius 1 is 0.973 bits per heavy atom. The van der Waals surface area contributed by atoms with Gasteiger partial charge in [-0.05, 0) is 108 Å². The van der Waals surface area contributed by atoms with Crippen molar-refractivity contribution in [2.75, 3.05) is 13.1 Å². The lowest BCUT2D eigenvalue weighted by atomic mass is 9.97. The van der Waals surface area contributed by atoms with E-state index in [1.807, 2.05) is 51.1 Å². The zero-order valence-corrected chi connectivity index (χ0v) is 25.0. The smallest absolute Gasteiger partial charge is 0.244 e. The lowest BCUT2D eigenvalue weighted by Gasteiger charge is -2.30. The van der Waals surface area contributed by atoms with Gasteiger partial charge in [0.1, 0.15) is 11.5 Å². The number of hydrogen-bond donors (Lipinski definition) is 1. The van der Waals surface area contributed by atoms with Crippen molar-refractivity contribution in [1.82, 2.24) is 9.62 Å². The largest absolute Gasteiger partial charge is 0.457 e. The van der Waals surface area contributed by atoms with Gasteiger partial charge in [-0.15, -0.1) is 0 Å². The molecule has 196 valence electrons. The third-order valence-electron chi connectivity index (χ3n) is 6.46. The first-order valence-corrected chi connectivity index (χ1v) is 15.1. The second kappa shape index (κ2) is 11.7. The van der Waals surface area contributed by atoms with Gasteiger partial charge in [-0.3, -0.25) is 4.79 Å². The Morgan fingerprint density at radius 3 is 2.30 bits per heavy atom. The van der Waals surface area contributed by atoms with Crippen molar-refractivity contribution >= 4 is 47.8 Å². The number of halogens is 2. The van der Waals surface area contributed by atoms with Gasteiger partial charge in [0, 0.05) is 34.5 Å². The Hall–Kier alpha value is -2.20. The molecule has 1 N–H and O–H groups in total. The minimum absolute atomic E-state index is 0.0473. The average molecular weight is 650 g/mol. The molecular formula is C28H30Br2N2O4S. The van der Waals surface area contributed by atoms with Crippen LogP contribution in [-0.2, 0) is 21.4 Å². The number of sulfonamides is 1. The van der Waals surface area contributed by atoms with E-state index < -0.39 is 10.0 Å². The summed E-state index contributed by atoms with van der Waals surface area (Å²) in [5, 5.41) is 3.02. The number of hydrogen-bond acceptors (Lipinski definition) is 4. The van der Waals surface area contributed by atoms with Crippen LogP contribution in [0.5, 0.6) is 11.5 Å². The molecule has 1 aliphatic rings. The van der Waals surface area contributed by atoms with Crippen molar-refractivity contribution in [1.29, 1.82) is 0 Å². The molecule has 0 bridgehead atoms. The number of piperidine rings is 1. The van der Waals surface area contributed by atoms with Crippen LogP contribution < -0.4 is 10.1 Å². The van der Waals surface area contributed by atoms with Gasteiger partial charge >= 0.3 is 0 Å². The van der Waals surface area contributed by atoms with Crippen LogP contribution in [0, 0.1) is 26.7 Å². The van der Waals surface area contributed by atoms with E-state index in [2.05, 4.69) is 43.2 Å². The lowest BCUT2D eigenvalue weighted by Crippen LogP contribution is -2.42. The number of carbonyl (C=O) groups excluding carboxylic acids is 1. The molecule has 4 rings (SSSR count). The fraction of sp³-hybridized carbons (Fsp3) is 0.321. The quantitative estimate of drug-likeness (QED) is 0.311. The number of benzene rings is 3. The number of aryl methyl sites for hydroxylation is 3. The molecular weight excluding hydrogens is 620 g/mol. The average Bonchev–Trinajstić information content (AvgIpc) is 2.85. The van der Waals surface area contributed by atoms with E-state index in [1.165, 1.54) is 4.31 Å². The molecule has 1 fully saturated rings. The Morgan fingerprint density at radius 2 is 1.65 bits per heavy atom. The maximum Gasteiger partial charge on any atom is 0.244 e. The van der Waals surface area contributed by atoms with E-state index in [9.17, 15) is 13.2 Å². The highest BCUT2D eigenvalue weighted by Crippen LogP contribution is 2.31. The van der Waals surface area contributed by atoms with Gasteiger partial charge in [0.2, 0.25) is 15.9 Å². The summed E-state index contributed by atoms with van der Waals surface area (Å²) in [5.74, 6) is 1.33. The highest BCUT2D eigenvalue weighted by atomic mass is 79.9. The first-order valence-electron chi connectivity index (χ1n) is 12.1. The number of ether oxygens (including phenoxy) is 1. The third-order valence-corrected chi connectivity index (χ3v) is 9.85. The zero-order valence-electron chi connectivity index (χ0n) is 21.1. The van der Waals surface area contributed by atoms with Crippen molar-refractivity contribution in [2.24, 2.45) is 5.92 Å². The van der Waals surface area contributed by atoms with E-state index >= 15 is 0 Å². The summed E-state index contributed by atoms with van der Waals surface area (Å²) in [5.41, 5.74) is 4.27. The van der Waals surface area contributed by atoms with Crippen LogP contribution in [0.2, 0.25) is 0 Å². The summed E-state index contributed by atoms with van der Waals surface area (Å²) in [6.07, 6.45) is 0.969. The summed E-state index contributed by atoms with van der Waals surface area (Å²) >= 11 is 6.69. The molecule has 0 spiro atoms. The molecule has 0 atom stereocenters. The van der Waals surface area contributed by atoms with Crippen molar-refractivity contribution in [3.05, 3.63) is 85.8 Å². The topological polar surface area (TPSA) is 75.7 Å². The Labute approximate surface area is 235 Å². The predicted molar refractivity (Wildman–Crippen MR) is 152 cm³/mol. The monoisotopic (exact) mass is 648 g/mol. The van der Waals surface area contributed by atoms with Gasteiger partial charge in [-0.1, -0.05) is 34.1 Å². The number of amides is 1. The molecule has 1 aliphatic heterocycles. The summed E-state index contributed by atoms with van der Waals surface area (Å²) in [7, 11) is -3.64. The van der Waals surface area contributed by atoms with Crippen LogP contribution >= 0.6 is 31.9 Å². The first kappa shape index (κ1) is 27.8. The molecule has 9 heteroatoms. The third kappa shape index (κ3) is 6.82. The van der Waals surface area contributed by atoms with Crippen LogP contribution in [-0.4, -0.2) is 31.7 Å². The highest BCUT2D eigenvalue weighted by molar-refractivity contribution is 9.11. The second-order valence-electron chi connectivity index (χ2n) is 9.50. The standard InChI is InChI=1S/C28H30Br2N2O4S/c1-18-12-19(2)14-24(13-18)36-26-7-4-21(15-20(26)3)17-31-28(33)22-8-10-32(11-9-22)37(34,35)27-16-23(29)5-6-25(27)30/h4-7,12-16,22H,8-11,17H2,1-3H3,(H,31,33). The van der Waals surface area contributed by atoms with Gasteiger partial charge < -0.3 is 10.1 Å². The van der Waals surface area contributed by atoms with E-state index in [1.54, 1.807) is 18.2 Å². The van der Waals surface area contributed by atoms with Crippen molar-refractivity contribution < 1.29 is 17.9 Å². The van der Waals surface area contributed by atoms with Gasteiger partial charge in [0.05, 0.1) is 4.90 Å². The van der Waals surface area contributed by atoms with E-state index in [4.69, 9.17) is 4.74 Å². The minimum Gasteiger partial charge on any atom is -0.457 e. The lowest BCUT2D eigenvalue weighted by molar-refractivity contribution is -0.126. The van der Waals surface area contributed by atoms with Crippen molar-refractivity contribution in [2.45, 2.75) is 45.1 Å². The Balaban J connectivity index is 1.31. The summed E-state index contributed by atoms with van der Waals surface area (Å²) < 4.78 is 35.0. The predicted octanol–water partition coefficient (Wildman–Crippen LogP) is 6.65. The fourth-order valence-corrected chi connectivity index (χ4v) is 7.49. The molecule has 3 aromatic carbocycles. The van der Waals surface area contributed by atoms with Crippen molar-refractivity contribution in [3.8, 4) is 11.5 Å². The summed E-state index contributed by atoms with van der Waals surface area (Å²) in [4.78, 5) is 13.1. The summed E-state index contributed by atoms with van der Waals surface area (Å²) in [6, 6.07) is 17.1. The molecule has 0 saturated carbocycles. The fourth-order valence-electron chi connectivity index (χ4n) is 4.56. The molecule has 1 saturated heterocycles. The molecule has 37 heavy (non-hydrogen) atoms. The first-order chi connectivity index (χ1) is 17.5. The second-order valence-corrected chi connectivity index (χ2v) is 13.2. The van der Waals surface area contributed by atoms with Crippen LogP contribution in [0.1, 0.15) is 35.1 Å². The van der Waals surface area contributed by atoms with E-state index in [0.29, 0.717) is 41.4 Å². The minimum atomic E-state index is -3.64. The van der Waals surface area contributed by atoms with Crippen LogP contribution in [0.4, 0.5) is 0 Å². The zero-order chi connectivity index (χ0) is 26.7. The number of carbonyl (C=O) groups is 1. The van der Waals surface area contributed by atoms with Crippen molar-refractivity contribution in [3.63, 3.8) is 0 Å². The number of nitrogens with zero attached hydrogens (tertiary/aromatic N) is 1. The summed E-state index contributed by atoms with van der Waals surface area (Å²) in [6.45, 7) is 7.10. The van der Waals surface area contributed by atoms with E-state index in [0.717, 1.165) is 33.8 Å². The molecule has 0 radical (unpaired) electrons. The molecule has 0 unspecified atom stereocenters. The molecule has 1 amide bonds. The SMILES string of the molecule is Cc1cc(C)cc(Oc2ccc(CNC(=O)C3CCN(S(=O)(=O)c4cc(Br)ccc4Br)CC3)cc2C)c1. The van der Waals surface area contributed by atoms with Crippen LogP contribution in [0.3, 0.4) is 0 Å². The van der Waals surface area contributed by atoms with Gasteiger partial charge in [-0.25, -0.2) is 8.42 Å². The van der Waals surface area contributed by atoms with Crippen LogP contribution in [0.25, 0.3) is 0 Å². The maximum atomic E-state index is 13.1. The normalized spacial score (nSPS) is 14.9. The van der Waals surface area contributed by atoms with Gasteiger partial charge in [0.15, 0.2) is 0 Å². The van der Waals surface area contributed by atoms with Crippen LogP contribution in [0.15, 0.2) is 68.4 Å². The molecule has 6 nitrogen and oxygen atoms in total. The Kier molecular flexibility index (Phi) is 8.78. The molecule has 0 aliphatic carbocycles. The molecule has 1 heterocycles. The van der Waals surface area contributed by atoms with Gasteiger partial charge in [0.25, 0.3) is 0 Å². The van der Waals surface area contributed by atoms with E-state index in [-0.39, 0.29) is 16.7 Å². The Bertz CT molecular complexity index is 1400. The number of nitrogens with one attached hydrogen (secondary N) is 1. The molecule has 0 aromatic heterocycles. The maximum absolute atomic E-state index is 13.1. The number of rotatable bonds is 7.